The fourth-order valence-electron chi connectivity index (χ4n) is 5.68. The molecule has 6 rings (SSSR count). The van der Waals surface area contributed by atoms with Crippen LogP contribution in [-0.4, -0.2) is 110 Å². The highest BCUT2D eigenvalue weighted by Crippen LogP contribution is 2.35. The highest BCUT2D eigenvalue weighted by atomic mass is 16.8. The molecule has 0 spiro atoms. The second-order valence-electron chi connectivity index (χ2n) is 12.1. The monoisotopic (exact) mass is 708 g/mol. The molecule has 7 N–H and O–H groups in total. The summed E-state index contributed by atoms with van der Waals surface area (Å²) in [5, 5.41) is 73.3. The van der Waals surface area contributed by atoms with Crippen LogP contribution in [0.15, 0.2) is 88.1 Å². The average Bonchev–Trinajstić information content (AvgIpc) is 3.13. The van der Waals surface area contributed by atoms with Gasteiger partial charge in [-0.25, -0.2) is 4.79 Å². The zero-order valence-corrected chi connectivity index (χ0v) is 27.0. The predicted octanol–water partition coefficient (Wildman–Crippen LogP) is 1.17. The van der Waals surface area contributed by atoms with Crippen molar-refractivity contribution in [3.05, 3.63) is 94.7 Å². The maximum Gasteiger partial charge on any atom is 0.330 e. The first-order chi connectivity index (χ1) is 24.4. The third-order valence-electron chi connectivity index (χ3n) is 8.56. The Balaban J connectivity index is 1.24. The Hall–Kier alpha value is -4.84. The number of carbonyl (C=O) groups excluding carboxylic acids is 1. The zero-order chi connectivity index (χ0) is 36.4. The molecule has 0 amide bonds. The van der Waals surface area contributed by atoms with E-state index in [1.54, 1.807) is 30.3 Å². The smallest absolute Gasteiger partial charge is 0.330 e. The summed E-state index contributed by atoms with van der Waals surface area (Å²) in [5.74, 6) is -1.25. The molecule has 51 heavy (non-hydrogen) atoms. The van der Waals surface area contributed by atoms with E-state index < -0.39 is 79.4 Å². The van der Waals surface area contributed by atoms with E-state index >= 15 is 0 Å². The SMILES string of the molecule is C[C@@H]1OC(Oc2c(-c3ccc(O)cc3)oc3ccccc3c2=O)[C@H](OC2O[C@H](COC(=O)/C=C/c3ccc(O)cc3)[C@@H](O)[C@H](O)[C@H]2O)[C@H](O)[C@H]1O. The summed E-state index contributed by atoms with van der Waals surface area (Å²) in [6, 6.07) is 18.1. The van der Waals surface area contributed by atoms with Gasteiger partial charge >= 0.3 is 5.97 Å². The van der Waals surface area contributed by atoms with Crippen molar-refractivity contribution in [1.29, 1.82) is 0 Å². The molecule has 0 bridgehead atoms. The number of hydrogen-bond acceptors (Lipinski definition) is 15. The standard InChI is InChI=1S/C36H36O15/c1-17-26(40)30(44)34(36(47-17)50-33-27(41)22-4-2-3-5-23(22)48-32(33)19-9-13-21(38)14-10-19)51-35-31(45)29(43)28(42)24(49-35)16-46-25(39)15-8-18-6-11-20(37)12-7-18/h2-15,17,24,26,28-31,34-38,40,42-45H,16H2,1H3/b15-8+/t17-,24+,26-,28+,29-,30+,31+,34+,35?,36?/m0/s1. The second-order valence-corrected chi connectivity index (χ2v) is 12.1. The Labute approximate surface area is 289 Å². The lowest BCUT2D eigenvalue weighted by Crippen LogP contribution is -2.64. The maximum atomic E-state index is 13.8. The van der Waals surface area contributed by atoms with Gasteiger partial charge in [-0.05, 0) is 67.1 Å². The molecule has 4 aromatic rings. The van der Waals surface area contributed by atoms with Crippen molar-refractivity contribution < 1.29 is 68.6 Å². The summed E-state index contributed by atoms with van der Waals surface area (Å²) < 4.78 is 34.7. The number of aromatic hydroxyl groups is 2. The lowest BCUT2D eigenvalue weighted by atomic mass is 9.97. The molecule has 10 atom stereocenters. The Morgan fingerprint density at radius 3 is 2.16 bits per heavy atom. The van der Waals surface area contributed by atoms with Gasteiger partial charge in [0, 0.05) is 11.6 Å². The quantitative estimate of drug-likeness (QED) is 0.0955. The Kier molecular flexibility index (Phi) is 10.7. The van der Waals surface area contributed by atoms with Crippen LogP contribution in [0, 0.1) is 0 Å². The fourth-order valence-corrected chi connectivity index (χ4v) is 5.68. The molecule has 3 heterocycles. The van der Waals surface area contributed by atoms with E-state index in [9.17, 15) is 45.3 Å². The van der Waals surface area contributed by atoms with Crippen LogP contribution in [-0.2, 0) is 23.7 Å². The Morgan fingerprint density at radius 2 is 1.45 bits per heavy atom. The van der Waals surface area contributed by atoms with Crippen molar-refractivity contribution in [2.75, 3.05) is 6.61 Å². The molecule has 0 saturated carbocycles. The number of carbonyl (C=O) groups is 1. The van der Waals surface area contributed by atoms with Crippen LogP contribution in [0.2, 0.25) is 0 Å². The molecular weight excluding hydrogens is 672 g/mol. The minimum Gasteiger partial charge on any atom is -0.508 e. The molecular formula is C36H36O15. The highest BCUT2D eigenvalue weighted by Gasteiger charge is 2.51. The van der Waals surface area contributed by atoms with Crippen LogP contribution in [0.5, 0.6) is 17.2 Å². The molecule has 1 aromatic heterocycles. The minimum absolute atomic E-state index is 0.0445. The van der Waals surface area contributed by atoms with Crippen molar-refractivity contribution >= 4 is 23.0 Å². The molecule has 15 heteroatoms. The van der Waals surface area contributed by atoms with Gasteiger partial charge in [-0.2, -0.15) is 0 Å². The number of fused-ring (bicyclic) bond motifs is 1. The van der Waals surface area contributed by atoms with Crippen molar-refractivity contribution in [3.8, 4) is 28.6 Å². The molecule has 15 nitrogen and oxygen atoms in total. The van der Waals surface area contributed by atoms with E-state index in [1.807, 2.05) is 0 Å². The molecule has 2 saturated heterocycles. The number of rotatable bonds is 9. The van der Waals surface area contributed by atoms with E-state index in [-0.39, 0.29) is 34.0 Å². The molecule has 2 aliphatic rings. The number of aliphatic hydroxyl groups excluding tert-OH is 5. The molecule has 0 radical (unpaired) electrons. The summed E-state index contributed by atoms with van der Waals surface area (Å²) in [7, 11) is 0. The Bertz CT molecular complexity index is 1910. The van der Waals surface area contributed by atoms with Gasteiger partial charge in [-0.15, -0.1) is 0 Å². The summed E-state index contributed by atoms with van der Waals surface area (Å²) >= 11 is 0. The Morgan fingerprint density at radius 1 is 0.784 bits per heavy atom. The van der Waals surface area contributed by atoms with E-state index in [4.69, 9.17) is 28.1 Å². The highest BCUT2D eigenvalue weighted by molar-refractivity contribution is 5.87. The summed E-state index contributed by atoms with van der Waals surface area (Å²) in [5.41, 5.74) is 0.534. The number of phenols is 2. The van der Waals surface area contributed by atoms with Crippen molar-refractivity contribution in [1.82, 2.24) is 0 Å². The van der Waals surface area contributed by atoms with Crippen LogP contribution >= 0.6 is 0 Å². The van der Waals surface area contributed by atoms with Crippen LogP contribution in [0.4, 0.5) is 0 Å². The number of esters is 1. The van der Waals surface area contributed by atoms with Crippen LogP contribution in [0.3, 0.4) is 0 Å². The van der Waals surface area contributed by atoms with Gasteiger partial charge in [0.2, 0.25) is 17.5 Å². The van der Waals surface area contributed by atoms with Crippen molar-refractivity contribution in [2.24, 2.45) is 0 Å². The summed E-state index contributed by atoms with van der Waals surface area (Å²) in [6.45, 7) is 0.845. The molecule has 3 aromatic carbocycles. The lowest BCUT2D eigenvalue weighted by Gasteiger charge is -2.45. The number of hydrogen-bond donors (Lipinski definition) is 7. The molecule has 2 fully saturated rings. The zero-order valence-electron chi connectivity index (χ0n) is 27.0. The van der Waals surface area contributed by atoms with Crippen LogP contribution < -0.4 is 10.2 Å². The molecule has 0 aliphatic carbocycles. The number of benzene rings is 3. The maximum absolute atomic E-state index is 13.8. The summed E-state index contributed by atoms with van der Waals surface area (Å²) in [4.78, 5) is 26.2. The van der Waals surface area contributed by atoms with Crippen molar-refractivity contribution in [2.45, 2.75) is 68.3 Å². The lowest BCUT2D eigenvalue weighted by molar-refractivity contribution is -0.355. The number of phenolic OH excluding ortho intramolecular Hbond substituents is 2. The number of ether oxygens (including phenoxy) is 5. The fraction of sp³-hybridized carbons (Fsp3) is 0.333. The second kappa shape index (κ2) is 15.2. The molecule has 270 valence electrons. The van der Waals surface area contributed by atoms with Crippen LogP contribution in [0.25, 0.3) is 28.4 Å². The number of aliphatic hydroxyl groups is 5. The van der Waals surface area contributed by atoms with E-state index in [0.717, 1.165) is 6.08 Å². The normalized spacial score (nSPS) is 29.6. The first kappa shape index (κ1) is 36.0. The topological polar surface area (TPSA) is 235 Å². The molecule has 2 unspecified atom stereocenters. The largest absolute Gasteiger partial charge is 0.508 e. The minimum atomic E-state index is -1.91. The van der Waals surface area contributed by atoms with Gasteiger partial charge in [0.25, 0.3) is 0 Å². The van der Waals surface area contributed by atoms with Crippen molar-refractivity contribution in [3.63, 3.8) is 0 Å². The van der Waals surface area contributed by atoms with Gasteiger partial charge in [0.1, 0.15) is 60.3 Å². The van der Waals surface area contributed by atoms with Gasteiger partial charge in [-0.1, -0.05) is 24.3 Å². The molecule has 2 aliphatic heterocycles. The van der Waals surface area contributed by atoms with E-state index in [2.05, 4.69) is 0 Å². The number of para-hydroxylation sites is 1. The first-order valence-corrected chi connectivity index (χ1v) is 15.9. The van der Waals surface area contributed by atoms with Gasteiger partial charge in [-0.3, -0.25) is 4.79 Å². The van der Waals surface area contributed by atoms with Gasteiger partial charge in [0.15, 0.2) is 18.2 Å². The third kappa shape index (κ3) is 7.75. The third-order valence-corrected chi connectivity index (χ3v) is 8.56. The van der Waals surface area contributed by atoms with E-state index in [1.165, 1.54) is 55.5 Å². The average molecular weight is 709 g/mol. The van der Waals surface area contributed by atoms with Gasteiger partial charge < -0.3 is 63.8 Å². The van der Waals surface area contributed by atoms with Crippen LogP contribution in [0.1, 0.15) is 12.5 Å². The predicted molar refractivity (Wildman–Crippen MR) is 176 cm³/mol. The van der Waals surface area contributed by atoms with E-state index in [0.29, 0.717) is 11.1 Å². The first-order valence-electron chi connectivity index (χ1n) is 15.9. The summed E-state index contributed by atoms with van der Waals surface area (Å²) in [6.07, 6.45) is -14.0. The van der Waals surface area contributed by atoms with Gasteiger partial charge in [0.05, 0.1) is 11.5 Å².